The predicted octanol–water partition coefficient (Wildman–Crippen LogP) is 3.64. The summed E-state index contributed by atoms with van der Waals surface area (Å²) in [5.41, 5.74) is 2.38. The van der Waals surface area contributed by atoms with Crippen molar-refractivity contribution in [3.8, 4) is 12.3 Å². The highest BCUT2D eigenvalue weighted by Crippen LogP contribution is 2.34. The molecule has 0 amide bonds. The third kappa shape index (κ3) is 4.29. The van der Waals surface area contributed by atoms with Gasteiger partial charge in [-0.2, -0.15) is 4.98 Å². The Bertz CT molecular complexity index is 1440. The van der Waals surface area contributed by atoms with E-state index in [9.17, 15) is 18.0 Å². The second-order valence-corrected chi connectivity index (χ2v) is 8.55. The molecule has 180 valence electrons. The van der Waals surface area contributed by atoms with E-state index in [4.69, 9.17) is 16.1 Å². The first-order valence-corrected chi connectivity index (χ1v) is 11.1. The lowest BCUT2D eigenvalue weighted by Gasteiger charge is -2.23. The van der Waals surface area contributed by atoms with Crippen LogP contribution in [0.2, 0.25) is 0 Å². The molecule has 2 atom stereocenters. The average molecular weight is 481 g/mol. The number of aryl methyl sites for hydroxylation is 1. The van der Waals surface area contributed by atoms with Gasteiger partial charge in [0.05, 0.1) is 35.2 Å². The summed E-state index contributed by atoms with van der Waals surface area (Å²) in [5, 5.41) is 6.79. The van der Waals surface area contributed by atoms with Crippen molar-refractivity contribution in [2.24, 2.45) is 0 Å². The maximum absolute atomic E-state index is 14.8. The Morgan fingerprint density at radius 2 is 2.09 bits per heavy atom. The van der Waals surface area contributed by atoms with Crippen molar-refractivity contribution in [1.82, 2.24) is 20.3 Å². The van der Waals surface area contributed by atoms with Crippen LogP contribution >= 0.6 is 0 Å². The minimum absolute atomic E-state index is 0.0382. The number of hydrogen-bond acceptors (Lipinski definition) is 6. The zero-order valence-electron chi connectivity index (χ0n) is 18.8. The molecule has 3 N–H and O–H groups in total. The Morgan fingerprint density at radius 1 is 1.29 bits per heavy atom. The average Bonchev–Trinajstić information content (AvgIpc) is 3.19. The minimum atomic E-state index is -2.99. The van der Waals surface area contributed by atoms with Gasteiger partial charge in [-0.25, -0.2) is 18.0 Å². The Kier molecular flexibility index (Phi) is 6.05. The van der Waals surface area contributed by atoms with Crippen LogP contribution in [0, 0.1) is 25.1 Å². The van der Waals surface area contributed by atoms with Crippen LogP contribution in [0.3, 0.4) is 0 Å². The standard InChI is InChI=1S/C25H22F3N5O2/c1-3-19(15-5-4-6-16(21(15)26)23(27)28)31-24-18-8-20(30-12(2)22(18)32-25(34)33-24)17-7-14-10-29-9-13(17)11-35-14/h1,4-6,8,14,19,23,29H,7,9-11H2,2H3,(H2,31,32,33,34)/t14-,19+/m0/s1. The quantitative estimate of drug-likeness (QED) is 0.482. The molecule has 0 unspecified atom stereocenters. The third-order valence-corrected chi connectivity index (χ3v) is 6.32. The van der Waals surface area contributed by atoms with Gasteiger partial charge >= 0.3 is 5.69 Å². The molecule has 1 saturated heterocycles. The van der Waals surface area contributed by atoms with E-state index in [0.29, 0.717) is 36.2 Å². The minimum Gasteiger partial charge on any atom is -0.372 e. The van der Waals surface area contributed by atoms with Crippen molar-refractivity contribution in [2.75, 3.05) is 25.0 Å². The molecular formula is C25H22F3N5O2. The number of alkyl halides is 2. The first kappa shape index (κ1) is 23.1. The smallest absolute Gasteiger partial charge is 0.347 e. The molecule has 3 aliphatic rings. The van der Waals surface area contributed by atoms with E-state index < -0.39 is 29.5 Å². The normalized spacial score (nSPS) is 18.6. The summed E-state index contributed by atoms with van der Waals surface area (Å²) < 4.78 is 47.1. The largest absolute Gasteiger partial charge is 0.372 e. The number of ether oxygens (including phenoxy) is 1. The number of aromatic nitrogens is 3. The topological polar surface area (TPSA) is 91.9 Å². The summed E-state index contributed by atoms with van der Waals surface area (Å²) >= 11 is 0. The SMILES string of the molecule is C#C[C@@H](Nc1nc(=O)[nH]c2c(C)nc(C3=C4CNC[C@H](C3)OC4)cc12)c1cccc(C(F)F)c1F. The highest BCUT2D eigenvalue weighted by atomic mass is 19.3. The molecule has 0 aliphatic carbocycles. The van der Waals surface area contributed by atoms with Gasteiger partial charge in [-0.3, -0.25) is 4.98 Å². The Morgan fingerprint density at radius 3 is 2.86 bits per heavy atom. The van der Waals surface area contributed by atoms with Crippen LogP contribution < -0.4 is 16.3 Å². The lowest BCUT2D eigenvalue weighted by molar-refractivity contribution is 0.0764. The maximum atomic E-state index is 14.8. The van der Waals surface area contributed by atoms with Crippen LogP contribution in [0.4, 0.5) is 19.0 Å². The summed E-state index contributed by atoms with van der Waals surface area (Å²) in [6.07, 6.45) is 3.38. The molecule has 0 spiro atoms. The van der Waals surface area contributed by atoms with Gasteiger partial charge in [0, 0.05) is 30.5 Å². The van der Waals surface area contributed by atoms with Crippen LogP contribution in [0.25, 0.3) is 16.5 Å². The first-order chi connectivity index (χ1) is 16.9. The van der Waals surface area contributed by atoms with E-state index >= 15 is 0 Å². The van der Waals surface area contributed by atoms with Gasteiger partial charge in [-0.05, 0) is 24.1 Å². The van der Waals surface area contributed by atoms with E-state index in [0.717, 1.165) is 29.5 Å². The molecule has 7 nitrogen and oxygen atoms in total. The zero-order chi connectivity index (χ0) is 24.7. The molecule has 1 fully saturated rings. The number of rotatable bonds is 5. The molecule has 3 aromatic rings. The Labute approximate surface area is 198 Å². The van der Waals surface area contributed by atoms with Gasteiger partial charge in [-0.1, -0.05) is 24.1 Å². The second-order valence-electron chi connectivity index (χ2n) is 8.55. The van der Waals surface area contributed by atoms with Gasteiger partial charge in [0.15, 0.2) is 0 Å². The molecule has 10 heteroatoms. The Balaban J connectivity index is 1.62. The van der Waals surface area contributed by atoms with E-state index in [-0.39, 0.29) is 17.5 Å². The van der Waals surface area contributed by atoms with Gasteiger partial charge in [-0.15, -0.1) is 6.42 Å². The fourth-order valence-corrected chi connectivity index (χ4v) is 4.58. The molecule has 5 heterocycles. The third-order valence-electron chi connectivity index (χ3n) is 6.32. The van der Waals surface area contributed by atoms with Crippen molar-refractivity contribution in [3.05, 3.63) is 68.7 Å². The monoisotopic (exact) mass is 481 g/mol. The number of nitrogens with zero attached hydrogens (tertiary/aromatic N) is 2. The zero-order valence-corrected chi connectivity index (χ0v) is 18.8. The number of benzene rings is 1. The molecule has 35 heavy (non-hydrogen) atoms. The molecule has 0 saturated carbocycles. The highest BCUT2D eigenvalue weighted by molar-refractivity contribution is 5.92. The number of fused-ring (bicyclic) bond motifs is 5. The summed E-state index contributed by atoms with van der Waals surface area (Å²) in [4.78, 5) is 23.8. The van der Waals surface area contributed by atoms with Crippen LogP contribution in [-0.2, 0) is 4.74 Å². The molecule has 2 aromatic heterocycles. The number of H-pyrrole nitrogens is 1. The molecule has 2 bridgehead atoms. The molecule has 3 aliphatic heterocycles. The second kappa shape index (κ2) is 9.17. The van der Waals surface area contributed by atoms with E-state index in [2.05, 4.69) is 26.5 Å². The number of anilines is 1. The molecule has 6 rings (SSSR count). The molecule has 0 radical (unpaired) electrons. The maximum Gasteiger partial charge on any atom is 0.347 e. The van der Waals surface area contributed by atoms with Crippen molar-refractivity contribution in [3.63, 3.8) is 0 Å². The lowest BCUT2D eigenvalue weighted by atomic mass is 9.96. The van der Waals surface area contributed by atoms with E-state index in [1.165, 1.54) is 12.1 Å². The van der Waals surface area contributed by atoms with Gasteiger partial charge < -0.3 is 20.4 Å². The summed E-state index contributed by atoms with van der Waals surface area (Å²) in [6, 6.07) is 4.31. The number of terminal acetylenes is 1. The Hall–Kier alpha value is -3.68. The molecule has 1 aromatic carbocycles. The lowest BCUT2D eigenvalue weighted by Crippen LogP contribution is -2.25. The number of nitrogens with one attached hydrogen (secondary N) is 3. The number of aromatic amines is 1. The van der Waals surface area contributed by atoms with Crippen molar-refractivity contribution < 1.29 is 17.9 Å². The fraction of sp³-hybridized carbons (Fsp3) is 0.320. The fourth-order valence-electron chi connectivity index (χ4n) is 4.58. The van der Waals surface area contributed by atoms with Crippen LogP contribution in [-0.4, -0.2) is 40.8 Å². The van der Waals surface area contributed by atoms with E-state index in [1.54, 1.807) is 13.0 Å². The van der Waals surface area contributed by atoms with Gasteiger partial charge in [0.2, 0.25) is 0 Å². The van der Waals surface area contributed by atoms with Gasteiger partial charge in [0.1, 0.15) is 17.7 Å². The summed E-state index contributed by atoms with van der Waals surface area (Å²) in [7, 11) is 0. The van der Waals surface area contributed by atoms with E-state index in [1.807, 2.05) is 0 Å². The molecular weight excluding hydrogens is 459 g/mol. The number of pyridine rings is 1. The highest BCUT2D eigenvalue weighted by Gasteiger charge is 2.27. The van der Waals surface area contributed by atoms with Gasteiger partial charge in [0.25, 0.3) is 6.43 Å². The predicted molar refractivity (Wildman–Crippen MR) is 126 cm³/mol. The van der Waals surface area contributed by atoms with Crippen molar-refractivity contribution >= 4 is 22.3 Å². The van der Waals surface area contributed by atoms with Crippen molar-refractivity contribution in [1.29, 1.82) is 0 Å². The van der Waals surface area contributed by atoms with Crippen LogP contribution in [0.5, 0.6) is 0 Å². The summed E-state index contributed by atoms with van der Waals surface area (Å²) in [5.74, 6) is 1.40. The van der Waals surface area contributed by atoms with Crippen molar-refractivity contribution in [2.45, 2.75) is 31.9 Å². The summed E-state index contributed by atoms with van der Waals surface area (Å²) in [6.45, 7) is 3.72. The number of halogens is 3. The van der Waals surface area contributed by atoms with Crippen LogP contribution in [0.1, 0.15) is 41.4 Å². The van der Waals surface area contributed by atoms with Crippen LogP contribution in [0.15, 0.2) is 34.6 Å². The number of hydrogen-bond donors (Lipinski definition) is 3. The first-order valence-electron chi connectivity index (χ1n) is 11.1.